The van der Waals surface area contributed by atoms with E-state index in [1.54, 1.807) is 0 Å². The summed E-state index contributed by atoms with van der Waals surface area (Å²) in [5.41, 5.74) is 0. The zero-order chi connectivity index (χ0) is 13.2. The van der Waals surface area contributed by atoms with Crippen LogP contribution in [0.15, 0.2) is 30.3 Å². The first kappa shape index (κ1) is 14.5. The molecule has 4 heteroatoms. The molecular weight excluding hydrogens is 228 g/mol. The number of hydrogen-bond donors (Lipinski definition) is 2. The Morgan fingerprint density at radius 1 is 1.33 bits per heavy atom. The van der Waals surface area contributed by atoms with Crippen LogP contribution in [0.25, 0.3) is 0 Å². The molecular formula is C14H22N2O2. The van der Waals surface area contributed by atoms with Gasteiger partial charge in [0.15, 0.2) is 0 Å². The number of hydrogen-bond acceptors (Lipinski definition) is 3. The number of para-hydroxylation sites is 1. The van der Waals surface area contributed by atoms with Crippen molar-refractivity contribution in [3.8, 4) is 5.75 Å². The van der Waals surface area contributed by atoms with Gasteiger partial charge in [0.25, 0.3) is 0 Å². The summed E-state index contributed by atoms with van der Waals surface area (Å²) in [6.45, 7) is 5.87. The first-order chi connectivity index (χ1) is 8.74. The maximum absolute atomic E-state index is 11.4. The second-order valence-electron chi connectivity index (χ2n) is 4.09. The van der Waals surface area contributed by atoms with Gasteiger partial charge in [-0.3, -0.25) is 4.79 Å². The Hall–Kier alpha value is -1.55. The van der Waals surface area contributed by atoms with Gasteiger partial charge in [0.1, 0.15) is 5.75 Å². The minimum Gasteiger partial charge on any atom is -0.494 e. The average molecular weight is 250 g/mol. The highest BCUT2D eigenvalue weighted by atomic mass is 16.5. The maximum atomic E-state index is 11.4. The predicted molar refractivity (Wildman–Crippen MR) is 72.7 cm³/mol. The van der Waals surface area contributed by atoms with Gasteiger partial charge < -0.3 is 15.4 Å². The van der Waals surface area contributed by atoms with E-state index in [2.05, 4.69) is 10.6 Å². The molecule has 1 aromatic rings. The van der Waals surface area contributed by atoms with Gasteiger partial charge in [-0.2, -0.15) is 0 Å². The Labute approximate surface area is 109 Å². The molecule has 0 aliphatic carbocycles. The summed E-state index contributed by atoms with van der Waals surface area (Å²) in [5.74, 6) is 0.927. The first-order valence-corrected chi connectivity index (χ1v) is 6.43. The van der Waals surface area contributed by atoms with Gasteiger partial charge in [0, 0.05) is 6.54 Å². The average Bonchev–Trinajstić information content (AvgIpc) is 2.39. The van der Waals surface area contributed by atoms with E-state index in [9.17, 15) is 4.79 Å². The number of rotatable bonds is 8. The molecule has 4 nitrogen and oxygen atoms in total. The number of benzene rings is 1. The molecule has 1 aromatic carbocycles. The molecule has 0 bridgehead atoms. The van der Waals surface area contributed by atoms with Crippen molar-refractivity contribution in [2.24, 2.45) is 0 Å². The Bertz CT molecular complexity index is 341. The second-order valence-corrected chi connectivity index (χ2v) is 4.09. The molecule has 0 aliphatic heterocycles. The Morgan fingerprint density at radius 2 is 2.06 bits per heavy atom. The Morgan fingerprint density at radius 3 is 2.72 bits per heavy atom. The molecule has 0 fully saturated rings. The standard InChI is InChI=1S/C14H22N2O2/c1-3-15-14(17)12(2)16-10-7-11-18-13-8-5-4-6-9-13/h4-6,8-9,12,16H,3,7,10-11H2,1-2H3,(H,15,17). The SMILES string of the molecule is CCNC(=O)C(C)NCCCOc1ccccc1. The topological polar surface area (TPSA) is 50.4 Å². The Balaban J connectivity index is 2.07. The van der Waals surface area contributed by atoms with Crippen LogP contribution in [0.3, 0.4) is 0 Å². The lowest BCUT2D eigenvalue weighted by molar-refractivity contribution is -0.122. The summed E-state index contributed by atoms with van der Waals surface area (Å²) in [5, 5.41) is 5.94. The highest BCUT2D eigenvalue weighted by Crippen LogP contribution is 2.07. The predicted octanol–water partition coefficient (Wildman–Crippen LogP) is 1.57. The molecule has 0 aromatic heterocycles. The smallest absolute Gasteiger partial charge is 0.236 e. The number of carbonyl (C=O) groups excluding carboxylic acids is 1. The number of ether oxygens (including phenoxy) is 1. The van der Waals surface area contributed by atoms with Gasteiger partial charge in [-0.05, 0) is 38.9 Å². The zero-order valence-electron chi connectivity index (χ0n) is 11.1. The lowest BCUT2D eigenvalue weighted by Crippen LogP contribution is -2.42. The molecule has 0 heterocycles. The fourth-order valence-electron chi connectivity index (χ4n) is 1.52. The number of likely N-dealkylation sites (N-methyl/N-ethyl adjacent to an activating group) is 1. The summed E-state index contributed by atoms with van der Waals surface area (Å²) < 4.78 is 5.56. The summed E-state index contributed by atoms with van der Waals surface area (Å²) in [4.78, 5) is 11.4. The molecule has 18 heavy (non-hydrogen) atoms. The highest BCUT2D eigenvalue weighted by molar-refractivity contribution is 5.81. The van der Waals surface area contributed by atoms with Crippen molar-refractivity contribution in [3.63, 3.8) is 0 Å². The van der Waals surface area contributed by atoms with E-state index in [0.717, 1.165) is 18.7 Å². The van der Waals surface area contributed by atoms with Crippen molar-refractivity contribution in [1.29, 1.82) is 0 Å². The van der Waals surface area contributed by atoms with Crippen molar-refractivity contribution in [2.45, 2.75) is 26.3 Å². The van der Waals surface area contributed by atoms with Gasteiger partial charge in [-0.1, -0.05) is 18.2 Å². The molecule has 1 rings (SSSR count). The number of carbonyl (C=O) groups is 1. The van der Waals surface area contributed by atoms with Crippen LogP contribution >= 0.6 is 0 Å². The zero-order valence-corrected chi connectivity index (χ0v) is 11.1. The van der Waals surface area contributed by atoms with Crippen LogP contribution in [-0.4, -0.2) is 31.6 Å². The van der Waals surface area contributed by atoms with E-state index in [1.165, 1.54) is 0 Å². The number of amides is 1. The Kier molecular flexibility index (Phi) is 6.87. The van der Waals surface area contributed by atoms with Crippen molar-refractivity contribution < 1.29 is 9.53 Å². The van der Waals surface area contributed by atoms with E-state index in [-0.39, 0.29) is 11.9 Å². The van der Waals surface area contributed by atoms with Crippen molar-refractivity contribution in [1.82, 2.24) is 10.6 Å². The molecule has 0 saturated heterocycles. The monoisotopic (exact) mass is 250 g/mol. The van der Waals surface area contributed by atoms with Crippen LogP contribution in [0.2, 0.25) is 0 Å². The fraction of sp³-hybridized carbons (Fsp3) is 0.500. The highest BCUT2D eigenvalue weighted by Gasteiger charge is 2.09. The number of nitrogens with one attached hydrogen (secondary N) is 2. The third kappa shape index (κ3) is 5.68. The maximum Gasteiger partial charge on any atom is 0.236 e. The van der Waals surface area contributed by atoms with Gasteiger partial charge >= 0.3 is 0 Å². The van der Waals surface area contributed by atoms with Crippen LogP contribution in [0.1, 0.15) is 20.3 Å². The molecule has 100 valence electrons. The molecule has 1 unspecified atom stereocenters. The van der Waals surface area contributed by atoms with Gasteiger partial charge in [0.2, 0.25) is 5.91 Å². The third-order valence-corrected chi connectivity index (χ3v) is 2.53. The summed E-state index contributed by atoms with van der Waals surface area (Å²) in [7, 11) is 0. The summed E-state index contributed by atoms with van der Waals surface area (Å²) >= 11 is 0. The molecule has 0 saturated carbocycles. The van der Waals surface area contributed by atoms with Crippen LogP contribution in [0.5, 0.6) is 5.75 Å². The lowest BCUT2D eigenvalue weighted by atomic mass is 10.3. The second kappa shape index (κ2) is 8.53. The van der Waals surface area contributed by atoms with Crippen LogP contribution < -0.4 is 15.4 Å². The molecule has 0 radical (unpaired) electrons. The van der Waals surface area contributed by atoms with Crippen molar-refractivity contribution in [2.75, 3.05) is 19.7 Å². The lowest BCUT2D eigenvalue weighted by Gasteiger charge is -2.13. The van der Waals surface area contributed by atoms with Crippen molar-refractivity contribution in [3.05, 3.63) is 30.3 Å². The van der Waals surface area contributed by atoms with Gasteiger partial charge in [0.05, 0.1) is 12.6 Å². The molecule has 1 atom stereocenters. The van der Waals surface area contributed by atoms with E-state index in [4.69, 9.17) is 4.74 Å². The van der Waals surface area contributed by atoms with E-state index in [0.29, 0.717) is 13.2 Å². The fourth-order valence-corrected chi connectivity index (χ4v) is 1.52. The van der Waals surface area contributed by atoms with Crippen LogP contribution in [-0.2, 0) is 4.79 Å². The minimum atomic E-state index is -0.151. The summed E-state index contributed by atoms with van der Waals surface area (Å²) in [6.07, 6.45) is 0.874. The van der Waals surface area contributed by atoms with E-state index >= 15 is 0 Å². The van der Waals surface area contributed by atoms with E-state index in [1.807, 2.05) is 44.2 Å². The van der Waals surface area contributed by atoms with Gasteiger partial charge in [-0.15, -0.1) is 0 Å². The van der Waals surface area contributed by atoms with Crippen LogP contribution in [0.4, 0.5) is 0 Å². The first-order valence-electron chi connectivity index (χ1n) is 6.43. The summed E-state index contributed by atoms with van der Waals surface area (Å²) in [6, 6.07) is 9.58. The normalized spacial score (nSPS) is 11.9. The molecule has 2 N–H and O–H groups in total. The third-order valence-electron chi connectivity index (χ3n) is 2.53. The van der Waals surface area contributed by atoms with Crippen molar-refractivity contribution >= 4 is 5.91 Å². The quantitative estimate of drug-likeness (QED) is 0.689. The van der Waals surface area contributed by atoms with E-state index < -0.39 is 0 Å². The van der Waals surface area contributed by atoms with Crippen LogP contribution in [0, 0.1) is 0 Å². The molecule has 0 aliphatic rings. The van der Waals surface area contributed by atoms with Gasteiger partial charge in [-0.25, -0.2) is 0 Å². The molecule has 0 spiro atoms. The molecule has 1 amide bonds. The largest absolute Gasteiger partial charge is 0.494 e. The minimum absolute atomic E-state index is 0.0430.